The number of benzene rings is 2. The normalized spacial score (nSPS) is 18.7. The number of hydrogen-bond acceptors (Lipinski definition) is 5. The molecule has 1 heterocycles. The Balaban J connectivity index is 1.41. The molecule has 0 saturated carbocycles. The van der Waals surface area contributed by atoms with E-state index in [0.717, 1.165) is 24.8 Å². The molecular weight excluding hydrogens is 356 g/mol. The van der Waals surface area contributed by atoms with Gasteiger partial charge in [0.1, 0.15) is 6.10 Å². The summed E-state index contributed by atoms with van der Waals surface area (Å²) in [4.78, 5) is 12.3. The first-order chi connectivity index (χ1) is 13.7. The summed E-state index contributed by atoms with van der Waals surface area (Å²) in [6, 6.07) is 15.8. The van der Waals surface area contributed by atoms with Gasteiger partial charge in [0.25, 0.3) is 0 Å². The molecule has 5 heteroatoms. The zero-order valence-electron chi connectivity index (χ0n) is 16.6. The van der Waals surface area contributed by atoms with Crippen LogP contribution in [0.25, 0.3) is 0 Å². The van der Waals surface area contributed by atoms with Crippen molar-refractivity contribution < 1.29 is 23.7 Å². The zero-order valence-corrected chi connectivity index (χ0v) is 16.6. The van der Waals surface area contributed by atoms with E-state index in [0.29, 0.717) is 31.1 Å². The smallest absolute Gasteiger partial charge is 0.313 e. The maximum atomic E-state index is 12.3. The third-order valence-electron chi connectivity index (χ3n) is 5.05. The molecule has 0 spiro atoms. The largest absolute Gasteiger partial charge is 0.493 e. The molecule has 28 heavy (non-hydrogen) atoms. The van der Waals surface area contributed by atoms with Crippen molar-refractivity contribution in [3.63, 3.8) is 0 Å². The lowest BCUT2D eigenvalue weighted by Crippen LogP contribution is -2.07. The fourth-order valence-electron chi connectivity index (χ4n) is 3.51. The van der Waals surface area contributed by atoms with Crippen molar-refractivity contribution in [1.29, 1.82) is 0 Å². The highest BCUT2D eigenvalue weighted by Gasteiger charge is 2.35. The average Bonchev–Trinajstić information content (AvgIpc) is 3.11. The van der Waals surface area contributed by atoms with Crippen LogP contribution in [0.15, 0.2) is 48.5 Å². The van der Waals surface area contributed by atoms with Gasteiger partial charge in [-0.3, -0.25) is 4.79 Å². The minimum atomic E-state index is -0.237. The minimum absolute atomic E-state index is 0.0280. The molecule has 0 aromatic heterocycles. The van der Waals surface area contributed by atoms with E-state index >= 15 is 0 Å². The molecule has 2 atom stereocenters. The standard InChI is InChI=1S/C23H28O5/c1-25-21-12-11-18(14-22(21)26-2)20-15-19(28-23(20)24)10-6-7-13-27-16-17-8-4-3-5-9-17/h3-5,8-9,11-12,14,19-20H,6-7,10,13,15-16H2,1-2H3/t19-,20-/m1/s1. The fraction of sp³-hybridized carbons (Fsp3) is 0.435. The molecule has 0 amide bonds. The van der Waals surface area contributed by atoms with Crippen molar-refractivity contribution in [3.05, 3.63) is 59.7 Å². The van der Waals surface area contributed by atoms with E-state index in [1.165, 1.54) is 5.56 Å². The van der Waals surface area contributed by atoms with E-state index in [-0.39, 0.29) is 18.0 Å². The Kier molecular flexibility index (Phi) is 7.31. The Hall–Kier alpha value is -2.53. The molecule has 1 saturated heterocycles. The van der Waals surface area contributed by atoms with Crippen LogP contribution in [0.5, 0.6) is 11.5 Å². The highest BCUT2D eigenvalue weighted by molar-refractivity contribution is 5.80. The SMILES string of the molecule is COc1ccc([C@H]2C[C@@H](CCCCOCc3ccccc3)OC2=O)cc1OC. The number of methoxy groups -OCH3 is 2. The second-order valence-electron chi connectivity index (χ2n) is 7.00. The van der Waals surface area contributed by atoms with Gasteiger partial charge in [-0.15, -0.1) is 0 Å². The summed E-state index contributed by atoms with van der Waals surface area (Å²) < 4.78 is 21.9. The summed E-state index contributed by atoms with van der Waals surface area (Å²) in [6.07, 6.45) is 3.48. The van der Waals surface area contributed by atoms with Crippen LogP contribution >= 0.6 is 0 Å². The number of hydrogen-bond donors (Lipinski definition) is 0. The Morgan fingerprint density at radius 1 is 1.00 bits per heavy atom. The van der Waals surface area contributed by atoms with Crippen LogP contribution in [0.1, 0.15) is 42.7 Å². The number of esters is 1. The molecule has 1 aliphatic heterocycles. The topological polar surface area (TPSA) is 54.0 Å². The van der Waals surface area contributed by atoms with Crippen molar-refractivity contribution in [2.24, 2.45) is 0 Å². The summed E-state index contributed by atoms with van der Waals surface area (Å²) in [6.45, 7) is 1.36. The van der Waals surface area contributed by atoms with Gasteiger partial charge in [0.2, 0.25) is 0 Å². The molecule has 2 aromatic rings. The molecule has 1 fully saturated rings. The Bertz CT molecular complexity index is 759. The summed E-state index contributed by atoms with van der Waals surface area (Å²) in [5.74, 6) is 0.896. The maximum absolute atomic E-state index is 12.3. The summed E-state index contributed by atoms with van der Waals surface area (Å²) in [5.41, 5.74) is 2.10. The molecule has 0 aliphatic carbocycles. The van der Waals surface area contributed by atoms with Gasteiger partial charge in [-0.25, -0.2) is 0 Å². The van der Waals surface area contributed by atoms with E-state index in [9.17, 15) is 4.79 Å². The summed E-state index contributed by atoms with van der Waals surface area (Å²) >= 11 is 0. The molecular formula is C23H28O5. The first-order valence-corrected chi connectivity index (χ1v) is 9.75. The van der Waals surface area contributed by atoms with E-state index < -0.39 is 0 Å². The van der Waals surface area contributed by atoms with Crippen molar-refractivity contribution in [2.75, 3.05) is 20.8 Å². The van der Waals surface area contributed by atoms with Crippen LogP contribution in [0.2, 0.25) is 0 Å². The second-order valence-corrected chi connectivity index (χ2v) is 7.00. The molecule has 0 unspecified atom stereocenters. The predicted molar refractivity (Wildman–Crippen MR) is 107 cm³/mol. The van der Waals surface area contributed by atoms with Gasteiger partial charge in [-0.2, -0.15) is 0 Å². The number of unbranched alkanes of at least 4 members (excludes halogenated alkanes) is 1. The number of cyclic esters (lactones) is 1. The number of rotatable bonds is 10. The van der Waals surface area contributed by atoms with Crippen LogP contribution in [0.3, 0.4) is 0 Å². The molecule has 0 bridgehead atoms. The minimum Gasteiger partial charge on any atom is -0.493 e. The Morgan fingerprint density at radius 3 is 2.54 bits per heavy atom. The van der Waals surface area contributed by atoms with Crippen LogP contribution in [-0.4, -0.2) is 32.9 Å². The lowest BCUT2D eigenvalue weighted by atomic mass is 9.94. The first kappa shape index (κ1) is 20.2. The average molecular weight is 384 g/mol. The number of ether oxygens (including phenoxy) is 4. The van der Waals surface area contributed by atoms with Crippen LogP contribution < -0.4 is 9.47 Å². The third kappa shape index (κ3) is 5.26. The molecule has 1 aliphatic rings. The van der Waals surface area contributed by atoms with Crippen LogP contribution in [-0.2, 0) is 20.9 Å². The Morgan fingerprint density at radius 2 is 1.79 bits per heavy atom. The highest BCUT2D eigenvalue weighted by Crippen LogP contribution is 2.37. The summed E-state index contributed by atoms with van der Waals surface area (Å²) in [7, 11) is 3.19. The second kappa shape index (κ2) is 10.1. The molecule has 0 radical (unpaired) electrons. The molecule has 0 N–H and O–H groups in total. The van der Waals surface area contributed by atoms with Gasteiger partial charge in [0.05, 0.1) is 26.7 Å². The van der Waals surface area contributed by atoms with E-state index in [2.05, 4.69) is 12.1 Å². The van der Waals surface area contributed by atoms with Crippen molar-refractivity contribution in [2.45, 2.75) is 44.3 Å². The zero-order chi connectivity index (χ0) is 19.8. The Labute approximate surface area is 166 Å². The van der Waals surface area contributed by atoms with Crippen LogP contribution in [0, 0.1) is 0 Å². The third-order valence-corrected chi connectivity index (χ3v) is 5.05. The van der Waals surface area contributed by atoms with Gasteiger partial charge in [0, 0.05) is 13.0 Å². The highest BCUT2D eigenvalue weighted by atomic mass is 16.6. The van der Waals surface area contributed by atoms with E-state index in [1.54, 1.807) is 14.2 Å². The maximum Gasteiger partial charge on any atom is 0.313 e. The van der Waals surface area contributed by atoms with Gasteiger partial charge < -0.3 is 18.9 Å². The summed E-state index contributed by atoms with van der Waals surface area (Å²) in [5, 5.41) is 0. The van der Waals surface area contributed by atoms with Gasteiger partial charge in [-0.05, 0) is 42.5 Å². The lowest BCUT2D eigenvalue weighted by molar-refractivity contribution is -0.142. The fourth-order valence-corrected chi connectivity index (χ4v) is 3.51. The quantitative estimate of drug-likeness (QED) is 0.446. The van der Waals surface area contributed by atoms with Gasteiger partial charge >= 0.3 is 5.97 Å². The molecule has 150 valence electrons. The van der Waals surface area contributed by atoms with Crippen molar-refractivity contribution >= 4 is 5.97 Å². The van der Waals surface area contributed by atoms with Gasteiger partial charge in [-0.1, -0.05) is 36.4 Å². The van der Waals surface area contributed by atoms with Gasteiger partial charge in [0.15, 0.2) is 11.5 Å². The van der Waals surface area contributed by atoms with E-state index in [1.807, 2.05) is 36.4 Å². The van der Waals surface area contributed by atoms with E-state index in [4.69, 9.17) is 18.9 Å². The predicted octanol–water partition coefficient (Wildman–Crippen LogP) is 4.49. The molecule has 3 rings (SSSR count). The monoisotopic (exact) mass is 384 g/mol. The number of carbonyl (C=O) groups is 1. The van der Waals surface area contributed by atoms with Crippen molar-refractivity contribution in [3.8, 4) is 11.5 Å². The molecule has 2 aromatic carbocycles. The first-order valence-electron chi connectivity index (χ1n) is 9.75. The van der Waals surface area contributed by atoms with Crippen LogP contribution in [0.4, 0.5) is 0 Å². The number of carbonyl (C=O) groups excluding carboxylic acids is 1. The van der Waals surface area contributed by atoms with Crippen molar-refractivity contribution in [1.82, 2.24) is 0 Å². The molecule has 5 nitrogen and oxygen atoms in total. The lowest BCUT2D eigenvalue weighted by Gasteiger charge is -2.11.